The molecule has 38 heavy (non-hydrogen) atoms. The van der Waals surface area contributed by atoms with Crippen molar-refractivity contribution in [3.05, 3.63) is 71.2 Å². The van der Waals surface area contributed by atoms with Gasteiger partial charge in [0.05, 0.1) is 36.9 Å². The summed E-state index contributed by atoms with van der Waals surface area (Å²) in [6.07, 6.45) is -0.610. The number of aromatic nitrogens is 1. The third-order valence-electron chi connectivity index (χ3n) is 7.57. The number of urea groups is 1. The largest absolute Gasteiger partial charge is 0.378 e. The number of anilines is 1. The van der Waals surface area contributed by atoms with Crippen molar-refractivity contribution in [1.82, 2.24) is 14.8 Å². The van der Waals surface area contributed by atoms with E-state index in [-0.39, 0.29) is 11.6 Å². The fourth-order valence-electron chi connectivity index (χ4n) is 5.36. The first-order valence-corrected chi connectivity index (χ1v) is 12.7. The van der Waals surface area contributed by atoms with Gasteiger partial charge in [-0.2, -0.15) is 0 Å². The zero-order chi connectivity index (χ0) is 26.9. The van der Waals surface area contributed by atoms with Crippen LogP contribution in [0, 0.1) is 5.82 Å². The number of methoxy groups -OCH3 is 1. The zero-order valence-electron chi connectivity index (χ0n) is 21.4. The number of amides is 2. The maximum atomic E-state index is 14.8. The maximum Gasteiger partial charge on any atom is 0.320 e. The van der Waals surface area contributed by atoms with Gasteiger partial charge in [0.25, 0.3) is 6.43 Å². The number of hydrogen-bond acceptors (Lipinski definition) is 5. The minimum absolute atomic E-state index is 0.0149. The molecule has 3 heterocycles. The molecule has 202 valence electrons. The van der Waals surface area contributed by atoms with Crippen molar-refractivity contribution in [1.29, 1.82) is 0 Å². The lowest BCUT2D eigenvalue weighted by atomic mass is 9.91. The minimum atomic E-state index is -2.89. The second-order valence-electron chi connectivity index (χ2n) is 9.76. The van der Waals surface area contributed by atoms with Crippen molar-refractivity contribution in [2.24, 2.45) is 0 Å². The van der Waals surface area contributed by atoms with Gasteiger partial charge in [-0.3, -0.25) is 4.98 Å². The normalized spacial score (nSPS) is 20.8. The SMILES string of the molecule is CO[C@@]1(c2ccc3nccc(N[C@H](C)c4cccc(C(F)F)c4F)c3c2)CCN(C(=O)N2CCOCC2)C1. The van der Waals surface area contributed by atoms with Crippen molar-refractivity contribution in [2.75, 3.05) is 51.8 Å². The summed E-state index contributed by atoms with van der Waals surface area (Å²) in [7, 11) is 1.65. The lowest BCUT2D eigenvalue weighted by Gasteiger charge is -2.33. The molecule has 2 aliphatic heterocycles. The Bertz CT molecular complexity index is 1320. The van der Waals surface area contributed by atoms with Crippen LogP contribution < -0.4 is 5.32 Å². The van der Waals surface area contributed by atoms with Gasteiger partial charge in [-0.1, -0.05) is 24.3 Å². The van der Waals surface area contributed by atoms with E-state index in [1.807, 2.05) is 28.0 Å². The van der Waals surface area contributed by atoms with Gasteiger partial charge in [-0.25, -0.2) is 18.0 Å². The highest BCUT2D eigenvalue weighted by Crippen LogP contribution is 2.38. The molecule has 0 saturated carbocycles. The molecule has 3 aromatic rings. The van der Waals surface area contributed by atoms with Gasteiger partial charge >= 0.3 is 6.03 Å². The summed E-state index contributed by atoms with van der Waals surface area (Å²) in [6.45, 7) is 4.93. The van der Waals surface area contributed by atoms with E-state index in [1.165, 1.54) is 12.1 Å². The van der Waals surface area contributed by atoms with Gasteiger partial charge in [-0.15, -0.1) is 0 Å². The predicted molar refractivity (Wildman–Crippen MR) is 138 cm³/mol. The summed E-state index contributed by atoms with van der Waals surface area (Å²) in [5.74, 6) is -0.907. The molecule has 2 aromatic carbocycles. The van der Waals surface area contributed by atoms with Crippen molar-refractivity contribution in [3.63, 3.8) is 0 Å². The molecule has 0 radical (unpaired) electrons. The van der Waals surface area contributed by atoms with Crippen molar-refractivity contribution in [3.8, 4) is 0 Å². The summed E-state index contributed by atoms with van der Waals surface area (Å²) in [5, 5.41) is 4.07. The minimum Gasteiger partial charge on any atom is -0.378 e. The Morgan fingerprint density at radius 3 is 2.61 bits per heavy atom. The number of likely N-dealkylation sites (tertiary alicyclic amines) is 1. The first kappa shape index (κ1) is 26.2. The summed E-state index contributed by atoms with van der Waals surface area (Å²) < 4.78 is 52.7. The van der Waals surface area contributed by atoms with E-state index in [0.29, 0.717) is 51.5 Å². The molecule has 0 aliphatic carbocycles. The summed E-state index contributed by atoms with van der Waals surface area (Å²) >= 11 is 0. The smallest absolute Gasteiger partial charge is 0.320 e. The summed E-state index contributed by atoms with van der Waals surface area (Å²) in [5.41, 5.74) is 1.17. The van der Waals surface area contributed by atoms with Crippen LogP contribution in [0.5, 0.6) is 0 Å². The van der Waals surface area contributed by atoms with Crippen LogP contribution in [0.25, 0.3) is 10.9 Å². The van der Waals surface area contributed by atoms with Gasteiger partial charge < -0.3 is 24.6 Å². The van der Waals surface area contributed by atoms with Crippen LogP contribution in [0.1, 0.15) is 42.5 Å². The number of hydrogen-bond donors (Lipinski definition) is 1. The van der Waals surface area contributed by atoms with Gasteiger partial charge in [0.2, 0.25) is 0 Å². The number of benzene rings is 2. The molecule has 10 heteroatoms. The summed E-state index contributed by atoms with van der Waals surface area (Å²) in [4.78, 5) is 21.2. The molecule has 2 aliphatic rings. The second kappa shape index (κ2) is 10.8. The predicted octanol–water partition coefficient (Wildman–Crippen LogP) is 5.48. The van der Waals surface area contributed by atoms with E-state index in [2.05, 4.69) is 10.3 Å². The lowest BCUT2D eigenvalue weighted by molar-refractivity contribution is -0.00603. The van der Waals surface area contributed by atoms with Crippen molar-refractivity contribution in [2.45, 2.75) is 31.4 Å². The van der Waals surface area contributed by atoms with Crippen LogP contribution >= 0.6 is 0 Å². The molecule has 1 aromatic heterocycles. The van der Waals surface area contributed by atoms with Gasteiger partial charge in [0.1, 0.15) is 11.4 Å². The van der Waals surface area contributed by atoms with Crippen LogP contribution in [-0.2, 0) is 15.1 Å². The number of ether oxygens (including phenoxy) is 2. The quantitative estimate of drug-likeness (QED) is 0.459. The molecule has 5 rings (SSSR count). The Kier molecular flexibility index (Phi) is 7.45. The molecule has 0 bridgehead atoms. The number of carbonyl (C=O) groups excluding carboxylic acids is 1. The average molecular weight is 529 g/mol. The van der Waals surface area contributed by atoms with E-state index in [4.69, 9.17) is 9.47 Å². The van der Waals surface area contributed by atoms with E-state index in [9.17, 15) is 18.0 Å². The first-order chi connectivity index (χ1) is 18.3. The number of fused-ring (bicyclic) bond motifs is 1. The van der Waals surface area contributed by atoms with E-state index in [1.54, 1.807) is 26.3 Å². The third-order valence-corrected chi connectivity index (χ3v) is 7.57. The Labute approximate surface area is 219 Å². The molecular formula is C28H31F3N4O3. The third kappa shape index (κ3) is 4.90. The molecule has 2 saturated heterocycles. The molecule has 2 atom stereocenters. The highest BCUT2D eigenvalue weighted by molar-refractivity contribution is 5.92. The fraction of sp³-hybridized carbons (Fsp3) is 0.429. The Morgan fingerprint density at radius 2 is 1.87 bits per heavy atom. The van der Waals surface area contributed by atoms with Gasteiger partial charge in [-0.05, 0) is 30.7 Å². The molecule has 1 N–H and O–H groups in total. The van der Waals surface area contributed by atoms with Crippen LogP contribution in [-0.4, -0.2) is 67.3 Å². The molecule has 0 unspecified atom stereocenters. The maximum absolute atomic E-state index is 14.8. The highest BCUT2D eigenvalue weighted by Gasteiger charge is 2.43. The van der Waals surface area contributed by atoms with E-state index >= 15 is 0 Å². The number of nitrogens with zero attached hydrogens (tertiary/aromatic N) is 3. The molecule has 2 fully saturated rings. The first-order valence-electron chi connectivity index (χ1n) is 12.7. The molecule has 0 spiro atoms. The van der Waals surface area contributed by atoms with Crippen LogP contribution in [0.2, 0.25) is 0 Å². The molecule has 2 amide bonds. The topological polar surface area (TPSA) is 66.9 Å². The summed E-state index contributed by atoms with van der Waals surface area (Å²) in [6, 6.07) is 11.1. The monoisotopic (exact) mass is 528 g/mol. The number of halogens is 3. The van der Waals surface area contributed by atoms with Crippen LogP contribution in [0.3, 0.4) is 0 Å². The van der Waals surface area contributed by atoms with Crippen molar-refractivity contribution >= 4 is 22.6 Å². The number of pyridine rings is 1. The molecular weight excluding hydrogens is 497 g/mol. The van der Waals surface area contributed by atoms with Crippen LogP contribution in [0.4, 0.5) is 23.7 Å². The van der Waals surface area contributed by atoms with Gasteiger partial charge in [0, 0.05) is 56.0 Å². The number of alkyl halides is 2. The Morgan fingerprint density at radius 1 is 1.11 bits per heavy atom. The average Bonchev–Trinajstić information content (AvgIpc) is 3.39. The van der Waals surface area contributed by atoms with Crippen LogP contribution in [0.15, 0.2) is 48.7 Å². The van der Waals surface area contributed by atoms with Gasteiger partial charge in [0.15, 0.2) is 0 Å². The molecule has 7 nitrogen and oxygen atoms in total. The highest BCUT2D eigenvalue weighted by atomic mass is 19.3. The van der Waals surface area contributed by atoms with E-state index < -0.39 is 29.4 Å². The Balaban J connectivity index is 1.42. The fourth-order valence-corrected chi connectivity index (χ4v) is 5.36. The number of nitrogens with one attached hydrogen (secondary N) is 1. The lowest BCUT2D eigenvalue weighted by Crippen LogP contribution is -2.48. The second-order valence-corrected chi connectivity index (χ2v) is 9.76. The zero-order valence-corrected chi connectivity index (χ0v) is 21.4. The van der Waals surface area contributed by atoms with E-state index in [0.717, 1.165) is 22.5 Å². The van der Waals surface area contributed by atoms with Crippen molar-refractivity contribution < 1.29 is 27.4 Å². The standard InChI is InChI=1S/C28H31F3N4O3/c1-18(20-4-3-5-21(25(20)29)26(30)31)33-24-8-10-32-23-7-6-19(16-22(23)24)28(37-2)9-11-35(17-28)27(36)34-12-14-38-15-13-34/h3-8,10,16,18,26H,9,11-15,17H2,1-2H3,(H,32,33)/t18-,28+/m1/s1. The Hall–Kier alpha value is -3.37. The number of morpholine rings is 1. The number of rotatable bonds is 6. The number of carbonyl (C=O) groups is 1.